The molecule has 2 aromatic rings. The van der Waals surface area contributed by atoms with Gasteiger partial charge in [-0.15, -0.1) is 0 Å². The van der Waals surface area contributed by atoms with Crippen molar-refractivity contribution in [3.8, 4) is 0 Å². The highest BCUT2D eigenvalue weighted by atomic mass is 16.5. The number of esters is 1. The fourth-order valence-corrected chi connectivity index (χ4v) is 4.84. The summed E-state index contributed by atoms with van der Waals surface area (Å²) in [6.45, 7) is 8.60. The average Bonchev–Trinajstić information content (AvgIpc) is 3.37. The van der Waals surface area contributed by atoms with Gasteiger partial charge < -0.3 is 14.6 Å². The Morgan fingerprint density at radius 1 is 1.20 bits per heavy atom. The van der Waals surface area contributed by atoms with Gasteiger partial charge in [0.15, 0.2) is 5.82 Å². The van der Waals surface area contributed by atoms with Crippen LogP contribution in [-0.2, 0) is 19.9 Å². The Morgan fingerprint density at radius 2 is 1.91 bits per heavy atom. The molecule has 1 saturated heterocycles. The number of nitrogens with one attached hydrogen (secondary N) is 1. The lowest BCUT2D eigenvalue weighted by atomic mass is 9.87. The molecule has 1 aliphatic rings. The number of piperidine rings is 1. The fraction of sp³-hybridized carbons (Fsp3) is 0.593. The molecule has 1 aromatic carbocycles. The molecular formula is C27H40N4O4. The monoisotopic (exact) mass is 484 g/mol. The molecule has 35 heavy (non-hydrogen) atoms. The second kappa shape index (κ2) is 12.8. The second-order valence-electron chi connectivity index (χ2n) is 9.83. The molecule has 0 spiro atoms. The van der Waals surface area contributed by atoms with Crippen LogP contribution in [0.5, 0.6) is 0 Å². The lowest BCUT2D eigenvalue weighted by Gasteiger charge is -2.43. The molecule has 0 radical (unpaired) electrons. The van der Waals surface area contributed by atoms with Crippen LogP contribution in [0.2, 0.25) is 0 Å². The van der Waals surface area contributed by atoms with Crippen molar-refractivity contribution in [2.24, 2.45) is 5.92 Å². The first-order chi connectivity index (χ1) is 16.8. The molecule has 3 rings (SSSR count). The largest absolute Gasteiger partial charge is 0.459 e. The summed E-state index contributed by atoms with van der Waals surface area (Å²) in [6.07, 6.45) is 6.35. The van der Waals surface area contributed by atoms with Gasteiger partial charge in [0.05, 0.1) is 6.54 Å². The van der Waals surface area contributed by atoms with Gasteiger partial charge in [-0.2, -0.15) is 0 Å². The first-order valence-electron chi connectivity index (χ1n) is 12.7. The average molecular weight is 485 g/mol. The van der Waals surface area contributed by atoms with Gasteiger partial charge in [0.2, 0.25) is 5.91 Å². The molecule has 1 N–H and O–H groups in total. The summed E-state index contributed by atoms with van der Waals surface area (Å²) in [4.78, 5) is 30.5. The zero-order valence-electron chi connectivity index (χ0n) is 21.5. The summed E-state index contributed by atoms with van der Waals surface area (Å²) < 4.78 is 11.1. The highest BCUT2D eigenvalue weighted by molar-refractivity contribution is 5.91. The highest BCUT2D eigenvalue weighted by Gasteiger charge is 2.44. The highest BCUT2D eigenvalue weighted by Crippen LogP contribution is 2.33. The van der Waals surface area contributed by atoms with Crippen molar-refractivity contribution >= 4 is 17.7 Å². The third kappa shape index (κ3) is 7.15. The minimum atomic E-state index is -0.852. The molecule has 0 bridgehead atoms. The van der Waals surface area contributed by atoms with Crippen LogP contribution < -0.4 is 5.32 Å². The van der Waals surface area contributed by atoms with Gasteiger partial charge in [-0.3, -0.25) is 14.6 Å². The van der Waals surface area contributed by atoms with Crippen molar-refractivity contribution in [2.45, 2.75) is 64.5 Å². The third-order valence-corrected chi connectivity index (χ3v) is 6.97. The zero-order chi connectivity index (χ0) is 25.3. The first kappa shape index (κ1) is 26.9. The number of anilines is 1. The van der Waals surface area contributed by atoms with Crippen LogP contribution in [0.4, 0.5) is 5.82 Å². The van der Waals surface area contributed by atoms with Crippen LogP contribution in [0.25, 0.3) is 0 Å². The molecular weight excluding hydrogens is 444 g/mol. The topological polar surface area (TPSA) is 87.9 Å². The Balaban J connectivity index is 1.74. The lowest BCUT2D eigenvalue weighted by molar-refractivity contribution is -0.168. The van der Waals surface area contributed by atoms with Gasteiger partial charge in [0.25, 0.3) is 0 Å². The van der Waals surface area contributed by atoms with Crippen LogP contribution in [-0.4, -0.2) is 66.2 Å². The van der Waals surface area contributed by atoms with Crippen molar-refractivity contribution in [3.63, 3.8) is 0 Å². The number of likely N-dealkylation sites (tertiary alicyclic amines) is 1. The van der Waals surface area contributed by atoms with Crippen LogP contribution in [0.3, 0.4) is 0 Å². The quantitative estimate of drug-likeness (QED) is 0.450. The molecule has 1 aromatic heterocycles. The fourth-order valence-electron chi connectivity index (χ4n) is 4.84. The summed E-state index contributed by atoms with van der Waals surface area (Å²) in [7, 11) is 1.86. The number of likely N-dealkylation sites (N-methyl/N-ethyl adjacent to an activating group) is 1. The van der Waals surface area contributed by atoms with E-state index in [4.69, 9.17) is 9.26 Å². The van der Waals surface area contributed by atoms with Crippen LogP contribution in [0, 0.1) is 5.92 Å². The maximum absolute atomic E-state index is 13.9. The van der Waals surface area contributed by atoms with Crippen molar-refractivity contribution in [2.75, 3.05) is 38.5 Å². The van der Waals surface area contributed by atoms with Crippen LogP contribution >= 0.6 is 0 Å². The Hall–Kier alpha value is -2.71. The molecule has 1 unspecified atom stereocenters. The summed E-state index contributed by atoms with van der Waals surface area (Å²) >= 11 is 0. The van der Waals surface area contributed by atoms with Gasteiger partial charge in [0.1, 0.15) is 17.9 Å². The van der Waals surface area contributed by atoms with E-state index in [-0.39, 0.29) is 30.4 Å². The molecule has 0 saturated carbocycles. The van der Waals surface area contributed by atoms with E-state index in [2.05, 4.69) is 29.2 Å². The van der Waals surface area contributed by atoms with Gasteiger partial charge in [-0.25, -0.2) is 4.79 Å². The lowest BCUT2D eigenvalue weighted by Crippen LogP contribution is -2.54. The first-order valence-corrected chi connectivity index (χ1v) is 12.7. The number of hydrogen-bond donors (Lipinski definition) is 1. The Bertz CT molecular complexity index is 915. The Labute approximate surface area is 209 Å². The predicted molar refractivity (Wildman–Crippen MR) is 136 cm³/mol. The molecule has 2 heterocycles. The number of carbonyl (C=O) groups is 2. The molecule has 8 nitrogen and oxygen atoms in total. The number of benzene rings is 1. The van der Waals surface area contributed by atoms with Crippen molar-refractivity contribution in [1.29, 1.82) is 0 Å². The van der Waals surface area contributed by atoms with E-state index >= 15 is 0 Å². The van der Waals surface area contributed by atoms with Gasteiger partial charge in [-0.05, 0) is 57.8 Å². The molecule has 0 aliphatic carbocycles. The second-order valence-corrected chi connectivity index (χ2v) is 9.83. The molecule has 8 heteroatoms. The maximum Gasteiger partial charge on any atom is 0.331 e. The molecule has 1 amide bonds. The van der Waals surface area contributed by atoms with Gasteiger partial charge in [-0.1, -0.05) is 62.2 Å². The summed E-state index contributed by atoms with van der Waals surface area (Å²) in [5.41, 5.74) is 0.100. The molecule has 3 atom stereocenters. The van der Waals surface area contributed by atoms with E-state index in [1.54, 1.807) is 6.07 Å². The number of rotatable bonds is 12. The number of amides is 1. The van der Waals surface area contributed by atoms with E-state index in [0.29, 0.717) is 12.4 Å². The number of ether oxygens (including phenoxy) is 1. The minimum absolute atomic E-state index is 0.155. The minimum Gasteiger partial charge on any atom is -0.459 e. The SMILES string of the molecule is CCCC(C)[C@H](CN(C)CC(=O)Nc1ccon1)OC(=O)[C@](C)(c1ccccc1)N1CCCCC1. The van der Waals surface area contributed by atoms with E-state index in [1.165, 1.54) is 12.7 Å². The number of carbonyl (C=O) groups excluding carboxylic acids is 2. The smallest absolute Gasteiger partial charge is 0.331 e. The van der Waals surface area contributed by atoms with Crippen molar-refractivity contribution in [1.82, 2.24) is 15.0 Å². The van der Waals surface area contributed by atoms with E-state index in [0.717, 1.165) is 44.3 Å². The number of hydrogen-bond acceptors (Lipinski definition) is 7. The van der Waals surface area contributed by atoms with Crippen molar-refractivity contribution in [3.05, 3.63) is 48.2 Å². The third-order valence-electron chi connectivity index (χ3n) is 6.97. The Morgan fingerprint density at radius 3 is 2.54 bits per heavy atom. The Kier molecular flexibility index (Phi) is 9.86. The van der Waals surface area contributed by atoms with E-state index in [1.807, 2.05) is 49.2 Å². The van der Waals surface area contributed by atoms with Gasteiger partial charge in [0, 0.05) is 12.6 Å². The predicted octanol–water partition coefficient (Wildman–Crippen LogP) is 4.29. The van der Waals surface area contributed by atoms with Crippen molar-refractivity contribution < 1.29 is 18.8 Å². The van der Waals surface area contributed by atoms with E-state index in [9.17, 15) is 9.59 Å². The maximum atomic E-state index is 13.9. The van der Waals surface area contributed by atoms with Gasteiger partial charge >= 0.3 is 5.97 Å². The summed E-state index contributed by atoms with van der Waals surface area (Å²) in [6, 6.07) is 11.5. The molecule has 1 fully saturated rings. The number of aromatic nitrogens is 1. The van der Waals surface area contributed by atoms with E-state index < -0.39 is 5.54 Å². The van der Waals surface area contributed by atoms with Crippen LogP contribution in [0.15, 0.2) is 47.2 Å². The summed E-state index contributed by atoms with van der Waals surface area (Å²) in [5, 5.41) is 6.43. The molecule has 192 valence electrons. The zero-order valence-corrected chi connectivity index (χ0v) is 21.5. The summed E-state index contributed by atoms with van der Waals surface area (Å²) in [5.74, 6) is 0.119. The van der Waals surface area contributed by atoms with Crippen LogP contribution in [0.1, 0.15) is 58.4 Å². The molecule has 1 aliphatic heterocycles. The standard InChI is InChI=1S/C27H40N4O4/c1-5-12-21(2)23(19-30(4)20-25(32)28-24-15-18-34-29-24)35-26(33)27(3,22-13-8-6-9-14-22)31-16-10-7-11-17-31/h6,8-9,13-15,18,21,23H,5,7,10-12,16-17,19-20H2,1-4H3,(H,28,29,32)/t21?,23-,27-/m0/s1. The normalized spacial score (nSPS) is 18.0. The number of nitrogens with zero attached hydrogens (tertiary/aromatic N) is 3.